The van der Waals surface area contributed by atoms with Gasteiger partial charge in [-0.25, -0.2) is 19.2 Å². The number of ether oxygens (including phenoxy) is 2. The van der Waals surface area contributed by atoms with Crippen LogP contribution in [-0.2, 0) is 16.1 Å². The Labute approximate surface area is 140 Å². The molecule has 2 aromatic heterocycles. The predicted molar refractivity (Wildman–Crippen MR) is 83.1 cm³/mol. The number of thiazole rings is 1. The second kappa shape index (κ2) is 6.29. The summed E-state index contributed by atoms with van der Waals surface area (Å²) in [6.07, 6.45) is 3.39. The van der Waals surface area contributed by atoms with E-state index in [-0.39, 0.29) is 18.6 Å². The normalized spacial score (nSPS) is 17.5. The molecule has 124 valence electrons. The Morgan fingerprint density at radius 2 is 2.38 bits per heavy atom. The van der Waals surface area contributed by atoms with Gasteiger partial charge in [-0.15, -0.1) is 11.3 Å². The lowest BCUT2D eigenvalue weighted by molar-refractivity contribution is 0.0446. The first-order chi connectivity index (χ1) is 11.7. The molecule has 24 heavy (non-hydrogen) atoms. The van der Waals surface area contributed by atoms with Crippen LogP contribution in [0.2, 0.25) is 0 Å². The number of carbonyl (C=O) groups is 1. The van der Waals surface area contributed by atoms with Crippen molar-refractivity contribution in [2.24, 2.45) is 0 Å². The summed E-state index contributed by atoms with van der Waals surface area (Å²) >= 11 is 1.27. The lowest BCUT2D eigenvalue weighted by atomic mass is 10.2. The average Bonchev–Trinajstić information content (AvgIpc) is 3.30. The molecule has 0 aliphatic carbocycles. The molecule has 1 saturated heterocycles. The Morgan fingerprint density at radius 1 is 1.46 bits per heavy atom. The van der Waals surface area contributed by atoms with Gasteiger partial charge in [0.1, 0.15) is 27.3 Å². The number of aromatic nitrogens is 2. The average molecular weight is 348 g/mol. The van der Waals surface area contributed by atoms with Crippen molar-refractivity contribution in [3.05, 3.63) is 46.0 Å². The molecule has 0 radical (unpaired) electrons. The van der Waals surface area contributed by atoms with Crippen LogP contribution in [0.4, 0.5) is 4.39 Å². The molecule has 8 heteroatoms. The highest BCUT2D eigenvalue weighted by Crippen LogP contribution is 2.31. The number of nitrogens with zero attached hydrogens (tertiary/aromatic N) is 2. The van der Waals surface area contributed by atoms with Crippen molar-refractivity contribution in [1.29, 1.82) is 0 Å². The van der Waals surface area contributed by atoms with Crippen molar-refractivity contribution >= 4 is 28.4 Å². The van der Waals surface area contributed by atoms with Gasteiger partial charge in [0.2, 0.25) is 5.89 Å². The molecule has 3 heterocycles. The Bertz CT molecular complexity index is 885. The number of rotatable bonds is 4. The Hall–Kier alpha value is -2.32. The Kier molecular flexibility index (Phi) is 3.99. The SMILES string of the molecule is O=C(OCc1nc2ccc(F)cc2o1)c1cnc(C2CCCO2)s1. The van der Waals surface area contributed by atoms with Gasteiger partial charge < -0.3 is 13.9 Å². The van der Waals surface area contributed by atoms with E-state index in [2.05, 4.69) is 9.97 Å². The van der Waals surface area contributed by atoms with Crippen LogP contribution >= 0.6 is 11.3 Å². The summed E-state index contributed by atoms with van der Waals surface area (Å²) in [5, 5.41) is 0.789. The second-order valence-electron chi connectivity index (χ2n) is 5.36. The minimum Gasteiger partial charge on any atom is -0.451 e. The van der Waals surface area contributed by atoms with Gasteiger partial charge in [-0.1, -0.05) is 0 Å². The molecule has 0 saturated carbocycles. The molecule has 0 spiro atoms. The van der Waals surface area contributed by atoms with Crippen LogP contribution in [0.15, 0.2) is 28.8 Å². The van der Waals surface area contributed by atoms with Crippen LogP contribution < -0.4 is 0 Å². The molecular formula is C16H13FN2O4S. The minimum absolute atomic E-state index is 0.0245. The summed E-state index contributed by atoms with van der Waals surface area (Å²) in [5.74, 6) is -0.688. The van der Waals surface area contributed by atoms with Crippen LogP contribution in [0.5, 0.6) is 0 Å². The molecule has 1 aromatic carbocycles. The van der Waals surface area contributed by atoms with Crippen LogP contribution in [0.25, 0.3) is 11.1 Å². The third-order valence-corrected chi connectivity index (χ3v) is 4.72. The monoisotopic (exact) mass is 348 g/mol. The van der Waals surface area contributed by atoms with Gasteiger partial charge >= 0.3 is 5.97 Å². The van der Waals surface area contributed by atoms with E-state index in [1.807, 2.05) is 0 Å². The molecule has 4 rings (SSSR count). The van der Waals surface area contributed by atoms with Crippen LogP contribution in [0, 0.1) is 5.82 Å². The summed E-state index contributed by atoms with van der Waals surface area (Å²) in [6, 6.07) is 4.05. The van der Waals surface area contributed by atoms with Gasteiger partial charge in [-0.3, -0.25) is 0 Å². The summed E-state index contributed by atoms with van der Waals surface area (Å²) in [5.41, 5.74) is 0.834. The number of hydrogen-bond donors (Lipinski definition) is 0. The first-order valence-corrected chi connectivity index (χ1v) is 8.30. The van der Waals surface area contributed by atoms with E-state index < -0.39 is 11.8 Å². The number of fused-ring (bicyclic) bond motifs is 1. The highest BCUT2D eigenvalue weighted by Gasteiger charge is 2.23. The van der Waals surface area contributed by atoms with E-state index in [9.17, 15) is 9.18 Å². The smallest absolute Gasteiger partial charge is 0.350 e. The van der Waals surface area contributed by atoms with Crippen molar-refractivity contribution in [2.45, 2.75) is 25.6 Å². The van der Waals surface area contributed by atoms with E-state index >= 15 is 0 Å². The van der Waals surface area contributed by atoms with E-state index in [1.165, 1.54) is 35.7 Å². The van der Waals surface area contributed by atoms with Gasteiger partial charge in [0.05, 0.1) is 6.20 Å². The first kappa shape index (κ1) is 15.2. The quantitative estimate of drug-likeness (QED) is 0.670. The van der Waals surface area contributed by atoms with Crippen LogP contribution in [0.3, 0.4) is 0 Å². The highest BCUT2D eigenvalue weighted by molar-refractivity contribution is 7.13. The summed E-state index contributed by atoms with van der Waals surface area (Å²) in [7, 11) is 0. The van der Waals surface area contributed by atoms with Gasteiger partial charge in [-0.2, -0.15) is 0 Å². The fraction of sp³-hybridized carbons (Fsp3) is 0.312. The van der Waals surface area contributed by atoms with E-state index in [0.29, 0.717) is 16.0 Å². The van der Waals surface area contributed by atoms with Crippen LogP contribution in [-0.4, -0.2) is 22.5 Å². The summed E-state index contributed by atoms with van der Waals surface area (Å²) < 4.78 is 29.2. The number of halogens is 1. The number of carbonyl (C=O) groups excluding carboxylic acids is 1. The predicted octanol–water partition coefficient (Wildman–Crippen LogP) is 3.63. The van der Waals surface area contributed by atoms with Gasteiger partial charge in [0.15, 0.2) is 12.2 Å². The zero-order valence-corrected chi connectivity index (χ0v) is 13.3. The number of benzene rings is 1. The number of hydrogen-bond acceptors (Lipinski definition) is 7. The maximum Gasteiger partial charge on any atom is 0.350 e. The molecule has 0 bridgehead atoms. The fourth-order valence-electron chi connectivity index (χ4n) is 2.51. The van der Waals surface area contributed by atoms with E-state index in [4.69, 9.17) is 13.9 Å². The van der Waals surface area contributed by atoms with Crippen molar-refractivity contribution < 1.29 is 23.1 Å². The van der Waals surface area contributed by atoms with Crippen LogP contribution in [0.1, 0.15) is 39.5 Å². The van der Waals surface area contributed by atoms with Crippen molar-refractivity contribution in [3.63, 3.8) is 0 Å². The van der Waals surface area contributed by atoms with Gasteiger partial charge in [-0.05, 0) is 25.0 Å². The standard InChI is InChI=1S/C16H13FN2O4S/c17-9-3-4-10-12(6-9)23-14(19-10)8-22-16(20)13-7-18-15(24-13)11-2-1-5-21-11/h3-4,6-7,11H,1-2,5,8H2. The van der Waals surface area contributed by atoms with Gasteiger partial charge in [0, 0.05) is 12.7 Å². The minimum atomic E-state index is -0.495. The number of oxazole rings is 1. The fourth-order valence-corrected chi connectivity index (χ4v) is 3.41. The molecule has 3 aromatic rings. The summed E-state index contributed by atoms with van der Waals surface area (Å²) in [4.78, 5) is 20.9. The van der Waals surface area contributed by atoms with E-state index in [1.54, 1.807) is 0 Å². The third-order valence-electron chi connectivity index (χ3n) is 3.65. The first-order valence-electron chi connectivity index (χ1n) is 7.48. The van der Waals surface area contributed by atoms with E-state index in [0.717, 1.165) is 24.5 Å². The molecule has 1 atom stereocenters. The van der Waals surface area contributed by atoms with Crippen molar-refractivity contribution in [2.75, 3.05) is 6.61 Å². The topological polar surface area (TPSA) is 74.5 Å². The molecule has 1 aliphatic heterocycles. The molecule has 6 nitrogen and oxygen atoms in total. The van der Waals surface area contributed by atoms with Gasteiger partial charge in [0.25, 0.3) is 0 Å². The van der Waals surface area contributed by atoms with Crippen molar-refractivity contribution in [1.82, 2.24) is 9.97 Å². The Morgan fingerprint density at radius 3 is 3.21 bits per heavy atom. The summed E-state index contributed by atoms with van der Waals surface area (Å²) in [6.45, 7) is 0.602. The maximum atomic E-state index is 13.1. The molecule has 1 unspecified atom stereocenters. The molecule has 0 N–H and O–H groups in total. The molecule has 1 aliphatic rings. The lowest BCUT2D eigenvalue weighted by Gasteiger charge is -2.03. The third kappa shape index (κ3) is 3.02. The molecular weight excluding hydrogens is 335 g/mol. The zero-order chi connectivity index (χ0) is 16.5. The zero-order valence-electron chi connectivity index (χ0n) is 12.5. The number of esters is 1. The Balaban J connectivity index is 1.42. The largest absolute Gasteiger partial charge is 0.451 e. The second-order valence-corrected chi connectivity index (χ2v) is 6.42. The van der Waals surface area contributed by atoms with Crippen molar-refractivity contribution in [3.8, 4) is 0 Å². The molecule has 1 fully saturated rings. The lowest BCUT2D eigenvalue weighted by Crippen LogP contribution is -2.03. The maximum absolute atomic E-state index is 13.1. The molecule has 0 amide bonds. The highest BCUT2D eigenvalue weighted by atomic mass is 32.1.